The van der Waals surface area contributed by atoms with E-state index in [-0.39, 0.29) is 31.4 Å². The lowest BCUT2D eigenvalue weighted by Gasteiger charge is -2.34. The molecule has 1 fully saturated rings. The summed E-state index contributed by atoms with van der Waals surface area (Å²) in [6.07, 6.45) is 2.71. The first-order valence-corrected chi connectivity index (χ1v) is 17.4. The molecule has 3 amide bonds. The van der Waals surface area contributed by atoms with Crippen LogP contribution in [-0.2, 0) is 38.4 Å². The number of hydrogen-bond donors (Lipinski definition) is 2. The Labute approximate surface area is 298 Å². The van der Waals surface area contributed by atoms with E-state index in [2.05, 4.69) is 10.6 Å². The predicted molar refractivity (Wildman–Crippen MR) is 194 cm³/mol. The van der Waals surface area contributed by atoms with Crippen molar-refractivity contribution in [2.45, 2.75) is 50.2 Å². The van der Waals surface area contributed by atoms with E-state index < -0.39 is 35.5 Å². The molecule has 10 heteroatoms. The maximum atomic E-state index is 14.5. The largest absolute Gasteiger partial charge is 0.370 e. The van der Waals surface area contributed by atoms with Crippen LogP contribution >= 0.6 is 0 Å². The second-order valence-corrected chi connectivity index (χ2v) is 13.0. The molecular weight excluding hydrogens is 650 g/mol. The van der Waals surface area contributed by atoms with Gasteiger partial charge in [-0.2, -0.15) is 0 Å². The highest BCUT2D eigenvalue weighted by molar-refractivity contribution is 5.92. The normalized spacial score (nSPS) is 15.2. The summed E-state index contributed by atoms with van der Waals surface area (Å²) in [6.45, 7) is 1.41. The van der Waals surface area contributed by atoms with Crippen molar-refractivity contribution in [3.63, 3.8) is 0 Å². The molecule has 51 heavy (non-hydrogen) atoms. The fourth-order valence-corrected chi connectivity index (χ4v) is 6.32. The van der Waals surface area contributed by atoms with Crippen LogP contribution in [0.4, 0.5) is 8.78 Å². The molecule has 8 nitrogen and oxygen atoms in total. The van der Waals surface area contributed by atoms with Crippen LogP contribution in [0.3, 0.4) is 0 Å². The molecule has 1 saturated heterocycles. The zero-order chi connectivity index (χ0) is 36.2. The molecule has 0 aromatic heterocycles. The molecule has 0 bridgehead atoms. The summed E-state index contributed by atoms with van der Waals surface area (Å²) in [7, 11) is 3.08. The number of halogens is 2. The van der Waals surface area contributed by atoms with Gasteiger partial charge in [-0.05, 0) is 65.8 Å². The van der Waals surface area contributed by atoms with Gasteiger partial charge in [-0.3, -0.25) is 14.4 Å². The average Bonchev–Trinajstić information content (AvgIpc) is 3.68. The first kappa shape index (κ1) is 37.3. The molecule has 4 aromatic rings. The van der Waals surface area contributed by atoms with Crippen molar-refractivity contribution >= 4 is 17.7 Å². The van der Waals surface area contributed by atoms with Gasteiger partial charge in [0.1, 0.15) is 18.7 Å². The van der Waals surface area contributed by atoms with E-state index >= 15 is 0 Å². The van der Waals surface area contributed by atoms with Crippen LogP contribution in [0.1, 0.15) is 29.5 Å². The van der Waals surface area contributed by atoms with Crippen LogP contribution in [0, 0.1) is 11.6 Å². The highest BCUT2D eigenvalue weighted by Crippen LogP contribution is 2.22. The smallest absolute Gasteiger partial charge is 0.249 e. The maximum absolute atomic E-state index is 14.5. The molecule has 0 saturated carbocycles. The summed E-state index contributed by atoms with van der Waals surface area (Å²) in [4.78, 5) is 44.5. The van der Waals surface area contributed by atoms with Crippen LogP contribution in [0.25, 0.3) is 11.1 Å². The molecule has 0 spiro atoms. The van der Waals surface area contributed by atoms with E-state index in [0.717, 1.165) is 53.8 Å². The van der Waals surface area contributed by atoms with Crippen molar-refractivity contribution in [3.8, 4) is 11.1 Å². The number of likely N-dealkylation sites (N-methyl/N-ethyl adjacent to an activating group) is 2. The van der Waals surface area contributed by atoms with Gasteiger partial charge in [-0.15, -0.1) is 0 Å². The molecule has 1 aliphatic rings. The Morgan fingerprint density at radius 3 is 2.10 bits per heavy atom. The lowest BCUT2D eigenvalue weighted by molar-refractivity contribution is -0.149. The van der Waals surface area contributed by atoms with Crippen molar-refractivity contribution in [3.05, 3.63) is 131 Å². The zero-order valence-electron chi connectivity index (χ0n) is 29.2. The molecule has 1 heterocycles. The summed E-state index contributed by atoms with van der Waals surface area (Å²) >= 11 is 0. The van der Waals surface area contributed by atoms with Crippen LogP contribution in [-0.4, -0.2) is 86.0 Å². The minimum atomic E-state index is -1.07. The highest BCUT2D eigenvalue weighted by Gasteiger charge is 2.35. The molecule has 1 unspecified atom stereocenters. The van der Waals surface area contributed by atoms with Gasteiger partial charge in [-0.25, -0.2) is 8.78 Å². The van der Waals surface area contributed by atoms with Gasteiger partial charge in [0.2, 0.25) is 17.7 Å². The van der Waals surface area contributed by atoms with Crippen molar-refractivity contribution in [2.75, 3.05) is 40.4 Å². The third-order valence-corrected chi connectivity index (χ3v) is 9.43. The average molecular weight is 697 g/mol. The van der Waals surface area contributed by atoms with Crippen LogP contribution in [0.5, 0.6) is 0 Å². The first-order valence-electron chi connectivity index (χ1n) is 17.4. The van der Waals surface area contributed by atoms with Crippen molar-refractivity contribution in [2.24, 2.45) is 0 Å². The molecular formula is C41H46F2N4O4. The Bertz CT molecular complexity index is 1730. The SMILES string of the molecule is CN(C(=O)COCC1CCCN1)[C@H](Cc1ccc(-c2ccccc2)cc1)C(=O)N(C)[C@H](Cc1ccc(F)c(F)c1)C(=O)NCCc1ccccc1. The number of carbonyl (C=O) groups is 3. The molecule has 5 rings (SSSR count). The zero-order valence-corrected chi connectivity index (χ0v) is 29.2. The lowest BCUT2D eigenvalue weighted by atomic mass is 9.98. The molecule has 1 aliphatic heterocycles. The van der Waals surface area contributed by atoms with E-state index in [1.807, 2.05) is 84.9 Å². The molecule has 3 atom stereocenters. The Hall–Kier alpha value is -4.93. The molecule has 268 valence electrons. The monoisotopic (exact) mass is 696 g/mol. The van der Waals surface area contributed by atoms with Crippen molar-refractivity contribution < 1.29 is 27.9 Å². The molecule has 4 aromatic carbocycles. The minimum absolute atomic E-state index is 0.0652. The summed E-state index contributed by atoms with van der Waals surface area (Å²) in [5.74, 6) is -3.33. The van der Waals surface area contributed by atoms with Gasteiger partial charge >= 0.3 is 0 Å². The fourth-order valence-electron chi connectivity index (χ4n) is 6.32. The third-order valence-electron chi connectivity index (χ3n) is 9.43. The quantitative estimate of drug-likeness (QED) is 0.168. The Kier molecular flexibility index (Phi) is 13.4. The summed E-state index contributed by atoms with van der Waals surface area (Å²) in [6, 6.07) is 29.0. The van der Waals surface area contributed by atoms with Crippen molar-refractivity contribution in [1.29, 1.82) is 0 Å². The summed E-state index contributed by atoms with van der Waals surface area (Å²) < 4.78 is 33.8. The number of nitrogens with zero attached hydrogens (tertiary/aromatic N) is 2. The van der Waals surface area contributed by atoms with Gasteiger partial charge in [0.15, 0.2) is 11.6 Å². The third kappa shape index (κ3) is 10.5. The van der Waals surface area contributed by atoms with Crippen molar-refractivity contribution in [1.82, 2.24) is 20.4 Å². The molecule has 2 N–H and O–H groups in total. The standard InChI is InChI=1S/C41H46F2N4O4/c1-46(39(48)28-51-27-34-14-9-22-44-34)38(25-30-15-18-33(19-16-30)32-12-7-4-8-13-32)41(50)47(2)37(26-31-17-20-35(42)36(43)24-31)40(49)45-23-21-29-10-5-3-6-11-29/h3-8,10-13,15-20,24,34,37-38,44H,9,14,21-23,25-28H2,1-2H3,(H,45,49)/t34?,37-,38-/m1/s1. The van der Waals surface area contributed by atoms with E-state index in [9.17, 15) is 23.2 Å². The minimum Gasteiger partial charge on any atom is -0.370 e. The topological polar surface area (TPSA) is 91.0 Å². The van der Waals surface area contributed by atoms with Gasteiger partial charge in [0.25, 0.3) is 0 Å². The summed E-state index contributed by atoms with van der Waals surface area (Å²) in [5, 5.41) is 6.27. The molecule has 0 radical (unpaired) electrons. The molecule has 0 aliphatic carbocycles. The first-order chi connectivity index (χ1) is 24.7. The maximum Gasteiger partial charge on any atom is 0.249 e. The van der Waals surface area contributed by atoms with E-state index in [1.165, 1.54) is 22.9 Å². The van der Waals surface area contributed by atoms with Gasteiger partial charge in [0, 0.05) is 39.5 Å². The Morgan fingerprint density at radius 2 is 1.43 bits per heavy atom. The van der Waals surface area contributed by atoms with E-state index in [1.54, 1.807) is 7.05 Å². The lowest BCUT2D eigenvalue weighted by Crippen LogP contribution is -2.56. The highest BCUT2D eigenvalue weighted by atomic mass is 19.2. The number of ether oxygens (including phenoxy) is 1. The Morgan fingerprint density at radius 1 is 0.784 bits per heavy atom. The number of benzene rings is 4. The summed E-state index contributed by atoms with van der Waals surface area (Å²) in [5.41, 5.74) is 4.26. The number of nitrogens with one attached hydrogen (secondary N) is 2. The number of rotatable bonds is 16. The second kappa shape index (κ2) is 18.3. The number of amides is 3. The van der Waals surface area contributed by atoms with E-state index in [4.69, 9.17) is 4.74 Å². The van der Waals surface area contributed by atoms with Crippen LogP contribution in [0.2, 0.25) is 0 Å². The predicted octanol–water partition coefficient (Wildman–Crippen LogP) is 5.20. The van der Waals surface area contributed by atoms with E-state index in [0.29, 0.717) is 25.1 Å². The fraction of sp³-hybridized carbons (Fsp3) is 0.341. The Balaban J connectivity index is 1.37. The number of carbonyl (C=O) groups excluding carboxylic acids is 3. The van der Waals surface area contributed by atoms with Crippen LogP contribution in [0.15, 0.2) is 103 Å². The van der Waals surface area contributed by atoms with Gasteiger partial charge in [0.05, 0.1) is 6.61 Å². The number of hydrogen-bond acceptors (Lipinski definition) is 5. The van der Waals surface area contributed by atoms with Gasteiger partial charge < -0.3 is 25.2 Å². The second-order valence-electron chi connectivity index (χ2n) is 13.0. The van der Waals surface area contributed by atoms with Crippen LogP contribution < -0.4 is 10.6 Å². The van der Waals surface area contributed by atoms with Gasteiger partial charge in [-0.1, -0.05) is 91.0 Å².